The molecule has 0 bridgehead atoms. The number of carbonyl (C=O) groups excluding carboxylic acids is 1. The monoisotopic (exact) mass is 284 g/mol. The van der Waals surface area contributed by atoms with Crippen molar-refractivity contribution in [2.75, 3.05) is 33.3 Å². The van der Waals surface area contributed by atoms with E-state index in [0.717, 1.165) is 17.6 Å². The van der Waals surface area contributed by atoms with Crippen LogP contribution >= 0.6 is 0 Å². The van der Waals surface area contributed by atoms with Crippen LogP contribution in [0, 0.1) is 0 Å². The molecular weight excluding hydrogens is 250 g/mol. The summed E-state index contributed by atoms with van der Waals surface area (Å²) in [6.07, 6.45) is 7.96. The number of carbonyl (C=O) groups is 1. The lowest BCUT2D eigenvalue weighted by Gasteiger charge is -2.33. The molecule has 0 rings (SSSR count). The van der Waals surface area contributed by atoms with E-state index in [1.54, 1.807) is 6.92 Å². The molecule has 0 aliphatic heterocycles. The number of ether oxygens (including phenoxy) is 1. The van der Waals surface area contributed by atoms with Crippen molar-refractivity contribution in [1.82, 2.24) is 0 Å². The molecule has 0 saturated carbocycles. The zero-order valence-electron chi connectivity index (χ0n) is 14.0. The van der Waals surface area contributed by atoms with Gasteiger partial charge in [0.2, 0.25) is 0 Å². The molecule has 0 aliphatic rings. The summed E-state index contributed by atoms with van der Waals surface area (Å²) in [6, 6.07) is 0. The number of hydrogen-bond acceptors (Lipinski definition) is 2. The van der Waals surface area contributed by atoms with Crippen molar-refractivity contribution in [2.24, 2.45) is 0 Å². The Bertz CT molecular complexity index is 289. The SMILES string of the molecule is C=C(C)C(=O)OCC[N+](C)(CC)CCCCCCCC. The standard InChI is InChI=1S/C17H34NO2/c1-6-8-9-10-11-12-13-18(5,7-2)14-15-20-17(19)16(3)4/h3,6-15H2,1-2,4-5H3/q+1. The summed E-state index contributed by atoms with van der Waals surface area (Å²) in [6.45, 7) is 13.4. The van der Waals surface area contributed by atoms with E-state index < -0.39 is 0 Å². The minimum atomic E-state index is -0.271. The number of rotatable bonds is 12. The Kier molecular flexibility index (Phi) is 10.4. The van der Waals surface area contributed by atoms with Crippen LogP contribution in [-0.2, 0) is 9.53 Å². The van der Waals surface area contributed by atoms with E-state index in [9.17, 15) is 4.79 Å². The van der Waals surface area contributed by atoms with Crippen LogP contribution in [0.15, 0.2) is 12.2 Å². The molecular formula is C17H34NO2+. The maximum atomic E-state index is 11.3. The molecule has 3 nitrogen and oxygen atoms in total. The summed E-state index contributed by atoms with van der Waals surface area (Å²) < 4.78 is 6.19. The molecule has 0 amide bonds. The number of quaternary nitrogens is 1. The molecule has 0 spiro atoms. The number of nitrogens with zero attached hydrogens (tertiary/aromatic N) is 1. The van der Waals surface area contributed by atoms with E-state index in [4.69, 9.17) is 4.74 Å². The highest BCUT2D eigenvalue weighted by molar-refractivity contribution is 5.86. The van der Waals surface area contributed by atoms with E-state index in [1.807, 2.05) is 0 Å². The Morgan fingerprint density at radius 3 is 2.20 bits per heavy atom. The van der Waals surface area contributed by atoms with Gasteiger partial charge in [0.15, 0.2) is 0 Å². The lowest BCUT2D eigenvalue weighted by atomic mass is 10.1. The van der Waals surface area contributed by atoms with Crippen molar-refractivity contribution in [2.45, 2.75) is 59.3 Å². The fourth-order valence-corrected chi connectivity index (χ4v) is 2.18. The van der Waals surface area contributed by atoms with Crippen LogP contribution in [0.2, 0.25) is 0 Å². The molecule has 0 heterocycles. The van der Waals surface area contributed by atoms with Crippen LogP contribution in [0.4, 0.5) is 0 Å². The van der Waals surface area contributed by atoms with Crippen molar-refractivity contribution in [3.63, 3.8) is 0 Å². The van der Waals surface area contributed by atoms with Crippen molar-refractivity contribution in [3.05, 3.63) is 12.2 Å². The summed E-state index contributed by atoms with van der Waals surface area (Å²) in [7, 11) is 2.25. The fourth-order valence-electron chi connectivity index (χ4n) is 2.18. The number of likely N-dealkylation sites (N-methyl/N-ethyl adjacent to an activating group) is 1. The lowest BCUT2D eigenvalue weighted by Crippen LogP contribution is -2.47. The van der Waals surface area contributed by atoms with Crippen molar-refractivity contribution in [1.29, 1.82) is 0 Å². The smallest absolute Gasteiger partial charge is 0.333 e. The Morgan fingerprint density at radius 2 is 1.65 bits per heavy atom. The number of unbranched alkanes of at least 4 members (excludes halogenated alkanes) is 5. The summed E-state index contributed by atoms with van der Waals surface area (Å²) in [5.74, 6) is -0.271. The minimum Gasteiger partial charge on any atom is -0.456 e. The second-order valence-electron chi connectivity index (χ2n) is 6.07. The predicted octanol–water partition coefficient (Wildman–Crippen LogP) is 3.93. The summed E-state index contributed by atoms with van der Waals surface area (Å²) in [4.78, 5) is 11.3. The Hall–Kier alpha value is -0.830. The summed E-state index contributed by atoms with van der Waals surface area (Å²) >= 11 is 0. The molecule has 0 aliphatic carbocycles. The third-order valence-corrected chi connectivity index (χ3v) is 4.03. The molecule has 0 aromatic rings. The van der Waals surface area contributed by atoms with Gasteiger partial charge in [0, 0.05) is 5.57 Å². The average molecular weight is 284 g/mol. The first-order chi connectivity index (χ1) is 9.45. The molecule has 1 atom stereocenters. The summed E-state index contributed by atoms with van der Waals surface area (Å²) in [5, 5.41) is 0. The van der Waals surface area contributed by atoms with Crippen LogP contribution in [0.1, 0.15) is 59.3 Å². The zero-order valence-corrected chi connectivity index (χ0v) is 14.0. The van der Waals surface area contributed by atoms with E-state index in [1.165, 1.54) is 45.1 Å². The topological polar surface area (TPSA) is 26.3 Å². The molecule has 1 unspecified atom stereocenters. The highest BCUT2D eigenvalue weighted by Gasteiger charge is 2.19. The van der Waals surface area contributed by atoms with Crippen LogP contribution in [0.25, 0.3) is 0 Å². The second kappa shape index (κ2) is 10.9. The third kappa shape index (κ3) is 9.13. The molecule has 0 aromatic carbocycles. The number of esters is 1. The maximum absolute atomic E-state index is 11.3. The second-order valence-corrected chi connectivity index (χ2v) is 6.07. The molecule has 3 heteroatoms. The average Bonchev–Trinajstić information content (AvgIpc) is 2.42. The van der Waals surface area contributed by atoms with Crippen molar-refractivity contribution < 1.29 is 14.0 Å². The summed E-state index contributed by atoms with van der Waals surface area (Å²) in [5.41, 5.74) is 0.478. The Balaban J connectivity index is 3.83. The molecule has 0 aromatic heterocycles. The molecule has 20 heavy (non-hydrogen) atoms. The van der Waals surface area contributed by atoms with E-state index in [-0.39, 0.29) is 5.97 Å². The Morgan fingerprint density at radius 1 is 1.05 bits per heavy atom. The highest BCUT2D eigenvalue weighted by Crippen LogP contribution is 2.10. The van der Waals surface area contributed by atoms with E-state index in [0.29, 0.717) is 12.2 Å². The molecule has 0 fully saturated rings. The maximum Gasteiger partial charge on any atom is 0.333 e. The van der Waals surface area contributed by atoms with Gasteiger partial charge in [0.05, 0.1) is 20.1 Å². The minimum absolute atomic E-state index is 0.271. The van der Waals surface area contributed by atoms with Crippen LogP contribution in [0.3, 0.4) is 0 Å². The van der Waals surface area contributed by atoms with Gasteiger partial charge in [-0.1, -0.05) is 39.2 Å². The molecule has 0 radical (unpaired) electrons. The third-order valence-electron chi connectivity index (χ3n) is 4.03. The largest absolute Gasteiger partial charge is 0.456 e. The van der Waals surface area contributed by atoms with Crippen molar-refractivity contribution in [3.8, 4) is 0 Å². The first-order valence-electron chi connectivity index (χ1n) is 8.11. The van der Waals surface area contributed by atoms with Crippen LogP contribution in [-0.4, -0.2) is 43.7 Å². The predicted molar refractivity (Wildman–Crippen MR) is 85.6 cm³/mol. The van der Waals surface area contributed by atoms with Crippen LogP contribution < -0.4 is 0 Å². The van der Waals surface area contributed by atoms with Gasteiger partial charge in [0.1, 0.15) is 13.2 Å². The number of hydrogen-bond donors (Lipinski definition) is 0. The highest BCUT2D eigenvalue weighted by atomic mass is 16.5. The normalized spacial score (nSPS) is 13.8. The van der Waals surface area contributed by atoms with E-state index >= 15 is 0 Å². The van der Waals surface area contributed by atoms with Crippen LogP contribution in [0.5, 0.6) is 0 Å². The fraction of sp³-hybridized carbons (Fsp3) is 0.824. The van der Waals surface area contributed by atoms with Gasteiger partial charge in [-0.05, 0) is 26.7 Å². The van der Waals surface area contributed by atoms with Gasteiger partial charge < -0.3 is 9.22 Å². The Labute approximate surface area is 125 Å². The van der Waals surface area contributed by atoms with Gasteiger partial charge in [-0.25, -0.2) is 4.79 Å². The van der Waals surface area contributed by atoms with Gasteiger partial charge >= 0.3 is 5.97 Å². The van der Waals surface area contributed by atoms with E-state index in [2.05, 4.69) is 27.5 Å². The van der Waals surface area contributed by atoms with Gasteiger partial charge in [-0.3, -0.25) is 0 Å². The first kappa shape index (κ1) is 19.2. The van der Waals surface area contributed by atoms with Gasteiger partial charge in [0.25, 0.3) is 0 Å². The molecule has 118 valence electrons. The van der Waals surface area contributed by atoms with Crippen molar-refractivity contribution >= 4 is 5.97 Å². The molecule has 0 N–H and O–H groups in total. The lowest BCUT2D eigenvalue weighted by molar-refractivity contribution is -0.908. The zero-order chi connectivity index (χ0) is 15.4. The first-order valence-corrected chi connectivity index (χ1v) is 8.11. The quantitative estimate of drug-likeness (QED) is 0.235. The van der Waals surface area contributed by atoms with Gasteiger partial charge in [-0.15, -0.1) is 0 Å². The van der Waals surface area contributed by atoms with Gasteiger partial charge in [-0.2, -0.15) is 0 Å². The molecule has 0 saturated heterocycles.